The third-order valence-corrected chi connectivity index (χ3v) is 4.73. The molecule has 0 bridgehead atoms. The second-order valence-electron chi connectivity index (χ2n) is 4.84. The van der Waals surface area contributed by atoms with Crippen LogP contribution in [0.15, 0.2) is 0 Å². The lowest BCUT2D eigenvalue weighted by Gasteiger charge is -2.21. The molecule has 0 aromatic carbocycles. The minimum absolute atomic E-state index is 0.300. The molecule has 1 aliphatic heterocycles. The molecule has 1 atom stereocenters. The van der Waals surface area contributed by atoms with Crippen LogP contribution in [0, 0.1) is 5.92 Å². The van der Waals surface area contributed by atoms with Crippen molar-refractivity contribution in [1.29, 1.82) is 0 Å². The predicted octanol–water partition coefficient (Wildman–Crippen LogP) is 2.58. The molecule has 1 heterocycles. The molecule has 1 unspecified atom stereocenters. The van der Waals surface area contributed by atoms with Crippen molar-refractivity contribution in [3.05, 3.63) is 0 Å². The zero-order valence-corrected chi connectivity index (χ0v) is 10.2. The minimum atomic E-state index is 0.300. The molecule has 0 radical (unpaired) electrons. The first-order chi connectivity index (χ1) is 7.34. The fraction of sp³-hybridized carbons (Fsp3) is 0.917. The summed E-state index contributed by atoms with van der Waals surface area (Å²) in [4.78, 5) is 11.7. The van der Waals surface area contributed by atoms with Crippen LogP contribution in [0.2, 0.25) is 0 Å². The number of nitrogens with one attached hydrogen (secondary N) is 1. The van der Waals surface area contributed by atoms with E-state index in [1.54, 1.807) is 0 Å². The monoisotopic (exact) mass is 227 g/mol. The SMILES string of the molecule is O=C(CC1CCCSC1)NC1CCCC1. The van der Waals surface area contributed by atoms with Crippen LogP contribution in [-0.2, 0) is 4.79 Å². The van der Waals surface area contributed by atoms with Crippen LogP contribution in [0.5, 0.6) is 0 Å². The highest BCUT2D eigenvalue weighted by molar-refractivity contribution is 7.99. The van der Waals surface area contributed by atoms with Gasteiger partial charge in [0.15, 0.2) is 0 Å². The summed E-state index contributed by atoms with van der Waals surface area (Å²) in [5.74, 6) is 3.43. The van der Waals surface area contributed by atoms with E-state index in [9.17, 15) is 4.79 Å². The molecule has 0 aromatic heterocycles. The van der Waals surface area contributed by atoms with E-state index in [1.165, 1.54) is 50.0 Å². The van der Waals surface area contributed by atoms with Gasteiger partial charge in [0.05, 0.1) is 0 Å². The summed E-state index contributed by atoms with van der Waals surface area (Å²) in [6, 6.07) is 0.494. The van der Waals surface area contributed by atoms with Crippen LogP contribution >= 0.6 is 11.8 Å². The Balaban J connectivity index is 1.66. The normalized spacial score (nSPS) is 27.9. The van der Waals surface area contributed by atoms with Crippen LogP contribution in [0.25, 0.3) is 0 Å². The largest absolute Gasteiger partial charge is 0.353 e. The number of hydrogen-bond acceptors (Lipinski definition) is 2. The fourth-order valence-corrected chi connectivity index (χ4v) is 3.74. The average molecular weight is 227 g/mol. The third-order valence-electron chi connectivity index (χ3n) is 3.45. The van der Waals surface area contributed by atoms with Crippen molar-refractivity contribution < 1.29 is 4.79 Å². The molecule has 1 amide bonds. The molecular weight excluding hydrogens is 206 g/mol. The molecule has 0 aromatic rings. The van der Waals surface area contributed by atoms with Gasteiger partial charge in [0.25, 0.3) is 0 Å². The van der Waals surface area contributed by atoms with E-state index >= 15 is 0 Å². The maximum absolute atomic E-state index is 11.7. The molecule has 1 N–H and O–H groups in total. The molecule has 1 saturated carbocycles. The van der Waals surface area contributed by atoms with Gasteiger partial charge in [-0.25, -0.2) is 0 Å². The molecule has 2 nitrogen and oxygen atoms in total. The number of thioether (sulfide) groups is 1. The summed E-state index contributed by atoms with van der Waals surface area (Å²) in [6.07, 6.45) is 8.31. The topological polar surface area (TPSA) is 29.1 Å². The van der Waals surface area contributed by atoms with Crippen LogP contribution in [0.1, 0.15) is 44.9 Å². The zero-order chi connectivity index (χ0) is 10.5. The maximum atomic E-state index is 11.7. The van der Waals surface area contributed by atoms with Gasteiger partial charge in [-0.05, 0) is 43.1 Å². The Hall–Kier alpha value is -0.180. The first-order valence-electron chi connectivity index (χ1n) is 6.21. The summed E-state index contributed by atoms with van der Waals surface area (Å²) < 4.78 is 0. The lowest BCUT2D eigenvalue weighted by molar-refractivity contribution is -0.122. The quantitative estimate of drug-likeness (QED) is 0.803. The van der Waals surface area contributed by atoms with Gasteiger partial charge >= 0.3 is 0 Å². The zero-order valence-electron chi connectivity index (χ0n) is 9.34. The number of carbonyl (C=O) groups excluding carboxylic acids is 1. The number of hydrogen-bond donors (Lipinski definition) is 1. The fourth-order valence-electron chi connectivity index (χ4n) is 2.59. The van der Waals surface area contributed by atoms with Crippen molar-refractivity contribution >= 4 is 17.7 Å². The Morgan fingerprint density at radius 2 is 2.00 bits per heavy atom. The first-order valence-corrected chi connectivity index (χ1v) is 7.37. The van der Waals surface area contributed by atoms with E-state index in [-0.39, 0.29) is 0 Å². The molecule has 3 heteroatoms. The molecule has 1 saturated heterocycles. The van der Waals surface area contributed by atoms with Gasteiger partial charge in [-0.1, -0.05) is 12.8 Å². The lowest BCUT2D eigenvalue weighted by Crippen LogP contribution is -2.34. The molecule has 2 rings (SSSR count). The van der Waals surface area contributed by atoms with Gasteiger partial charge in [-0.2, -0.15) is 11.8 Å². The maximum Gasteiger partial charge on any atom is 0.220 e. The van der Waals surface area contributed by atoms with Crippen molar-refractivity contribution in [2.75, 3.05) is 11.5 Å². The number of amides is 1. The van der Waals surface area contributed by atoms with Gasteiger partial charge in [0, 0.05) is 12.5 Å². The van der Waals surface area contributed by atoms with E-state index in [0.717, 1.165) is 6.42 Å². The van der Waals surface area contributed by atoms with Crippen LogP contribution < -0.4 is 5.32 Å². The summed E-state index contributed by atoms with van der Waals surface area (Å²) in [6.45, 7) is 0. The smallest absolute Gasteiger partial charge is 0.220 e. The summed E-state index contributed by atoms with van der Waals surface area (Å²) >= 11 is 2.01. The standard InChI is InChI=1S/C12H21NOS/c14-12(13-11-5-1-2-6-11)8-10-4-3-7-15-9-10/h10-11H,1-9H2,(H,13,14). The highest BCUT2D eigenvalue weighted by Crippen LogP contribution is 2.25. The van der Waals surface area contributed by atoms with Gasteiger partial charge < -0.3 is 5.32 Å². The molecule has 2 fully saturated rings. The van der Waals surface area contributed by atoms with Gasteiger partial charge in [0.1, 0.15) is 0 Å². The van der Waals surface area contributed by atoms with Crippen molar-refractivity contribution in [1.82, 2.24) is 5.32 Å². The highest BCUT2D eigenvalue weighted by atomic mass is 32.2. The molecule has 1 aliphatic carbocycles. The molecule has 86 valence electrons. The average Bonchev–Trinajstić information content (AvgIpc) is 2.71. The molecular formula is C12H21NOS. The lowest BCUT2D eigenvalue weighted by atomic mass is 10.0. The Labute approximate surface area is 96.6 Å². The van der Waals surface area contributed by atoms with E-state index in [0.29, 0.717) is 17.9 Å². The summed E-state index contributed by atoms with van der Waals surface area (Å²) in [5.41, 5.74) is 0. The summed E-state index contributed by atoms with van der Waals surface area (Å²) in [7, 11) is 0. The third kappa shape index (κ3) is 3.71. The Bertz CT molecular complexity index is 208. The number of carbonyl (C=O) groups is 1. The molecule has 2 aliphatic rings. The second-order valence-corrected chi connectivity index (χ2v) is 5.99. The van der Waals surface area contributed by atoms with Crippen LogP contribution in [-0.4, -0.2) is 23.5 Å². The Morgan fingerprint density at radius 3 is 2.67 bits per heavy atom. The van der Waals surface area contributed by atoms with E-state index < -0.39 is 0 Å². The minimum Gasteiger partial charge on any atom is -0.353 e. The van der Waals surface area contributed by atoms with Crippen molar-refractivity contribution in [2.24, 2.45) is 5.92 Å². The highest BCUT2D eigenvalue weighted by Gasteiger charge is 2.21. The predicted molar refractivity (Wildman–Crippen MR) is 65.1 cm³/mol. The second kappa shape index (κ2) is 5.78. The molecule has 0 spiro atoms. The van der Waals surface area contributed by atoms with Crippen LogP contribution in [0.4, 0.5) is 0 Å². The van der Waals surface area contributed by atoms with Crippen molar-refractivity contribution in [3.63, 3.8) is 0 Å². The van der Waals surface area contributed by atoms with Gasteiger partial charge in [0.2, 0.25) is 5.91 Å². The van der Waals surface area contributed by atoms with Crippen molar-refractivity contribution in [3.8, 4) is 0 Å². The van der Waals surface area contributed by atoms with E-state index in [4.69, 9.17) is 0 Å². The van der Waals surface area contributed by atoms with E-state index in [2.05, 4.69) is 5.32 Å². The van der Waals surface area contributed by atoms with Gasteiger partial charge in [-0.3, -0.25) is 4.79 Å². The van der Waals surface area contributed by atoms with Gasteiger partial charge in [-0.15, -0.1) is 0 Å². The summed E-state index contributed by atoms with van der Waals surface area (Å²) in [5, 5.41) is 3.18. The van der Waals surface area contributed by atoms with Crippen molar-refractivity contribution in [2.45, 2.75) is 51.0 Å². The molecule has 15 heavy (non-hydrogen) atoms. The Kier molecular flexibility index (Phi) is 4.36. The first kappa shape index (κ1) is 11.3. The van der Waals surface area contributed by atoms with Crippen LogP contribution in [0.3, 0.4) is 0 Å². The van der Waals surface area contributed by atoms with E-state index in [1.807, 2.05) is 11.8 Å². The number of rotatable bonds is 3. The Morgan fingerprint density at radius 1 is 1.20 bits per heavy atom.